The van der Waals surface area contributed by atoms with E-state index in [-0.39, 0.29) is 6.04 Å². The maximum Gasteiger partial charge on any atom is 0.191 e. The van der Waals surface area contributed by atoms with Crippen LogP contribution in [0.3, 0.4) is 0 Å². The highest BCUT2D eigenvalue weighted by atomic mass is 32.1. The van der Waals surface area contributed by atoms with Gasteiger partial charge in [-0.25, -0.2) is 4.98 Å². The van der Waals surface area contributed by atoms with E-state index in [4.69, 9.17) is 0 Å². The van der Waals surface area contributed by atoms with Gasteiger partial charge in [-0.2, -0.15) is 5.10 Å². The van der Waals surface area contributed by atoms with Crippen LogP contribution in [-0.2, 0) is 19.9 Å². The zero-order chi connectivity index (χ0) is 19.3. The van der Waals surface area contributed by atoms with Gasteiger partial charge in [-0.05, 0) is 32.8 Å². The molecule has 144 valence electrons. The van der Waals surface area contributed by atoms with E-state index in [0.29, 0.717) is 5.92 Å². The molecule has 2 aromatic heterocycles. The van der Waals surface area contributed by atoms with E-state index in [0.717, 1.165) is 36.7 Å². The van der Waals surface area contributed by atoms with Gasteiger partial charge in [0.2, 0.25) is 0 Å². The average molecular weight is 377 g/mol. The average Bonchev–Trinajstić information content (AvgIpc) is 3.15. The molecule has 0 amide bonds. The number of rotatable bonds is 7. The lowest BCUT2D eigenvalue weighted by Gasteiger charge is -2.18. The summed E-state index contributed by atoms with van der Waals surface area (Å²) >= 11 is 1.75. The molecule has 0 bridgehead atoms. The first-order chi connectivity index (χ1) is 12.3. The van der Waals surface area contributed by atoms with Crippen molar-refractivity contribution in [2.24, 2.45) is 12.0 Å². The molecule has 7 heteroatoms. The fraction of sp³-hybridized carbons (Fsp3) is 0.632. The summed E-state index contributed by atoms with van der Waals surface area (Å²) in [5, 5.41) is 14.7. The van der Waals surface area contributed by atoms with Crippen molar-refractivity contribution in [2.45, 2.75) is 59.4 Å². The summed E-state index contributed by atoms with van der Waals surface area (Å²) in [5.74, 6) is 1.33. The Balaban J connectivity index is 1.82. The zero-order valence-electron chi connectivity index (χ0n) is 17.1. The predicted molar refractivity (Wildman–Crippen MR) is 110 cm³/mol. The van der Waals surface area contributed by atoms with Gasteiger partial charge < -0.3 is 10.6 Å². The van der Waals surface area contributed by atoms with Crippen LogP contribution < -0.4 is 10.6 Å². The van der Waals surface area contributed by atoms with E-state index in [1.165, 1.54) is 16.3 Å². The number of guanidine groups is 1. The largest absolute Gasteiger partial charge is 0.356 e. The maximum absolute atomic E-state index is 4.68. The third kappa shape index (κ3) is 5.30. The van der Waals surface area contributed by atoms with E-state index < -0.39 is 0 Å². The van der Waals surface area contributed by atoms with Gasteiger partial charge in [0.1, 0.15) is 0 Å². The Labute approximate surface area is 161 Å². The minimum atomic E-state index is 0.273. The van der Waals surface area contributed by atoms with Crippen molar-refractivity contribution in [1.82, 2.24) is 25.4 Å². The van der Waals surface area contributed by atoms with Gasteiger partial charge in [-0.3, -0.25) is 9.67 Å². The van der Waals surface area contributed by atoms with Crippen molar-refractivity contribution in [2.75, 3.05) is 13.6 Å². The quantitative estimate of drug-likeness (QED) is 0.576. The van der Waals surface area contributed by atoms with Crippen LogP contribution in [0.1, 0.15) is 54.3 Å². The Hall–Kier alpha value is -1.89. The molecule has 0 fully saturated rings. The summed E-state index contributed by atoms with van der Waals surface area (Å²) in [5.41, 5.74) is 4.79. The number of nitrogens with zero attached hydrogens (tertiary/aromatic N) is 4. The molecule has 1 atom stereocenters. The minimum absolute atomic E-state index is 0.273. The van der Waals surface area contributed by atoms with Gasteiger partial charge in [0.05, 0.1) is 16.4 Å². The molecule has 2 N–H and O–H groups in total. The standard InChI is InChI=1S/C19H32N6S/c1-12(2)18-23-16(11-26-18)8-9-21-19(20-6)22-13(3)10-17-14(4)24-25(7)15(17)5/h11-13H,8-10H2,1-7H3,(H2,20,21,22). The molecular formula is C19H32N6S. The van der Waals surface area contributed by atoms with Gasteiger partial charge in [-0.15, -0.1) is 11.3 Å². The van der Waals surface area contributed by atoms with Crippen molar-refractivity contribution < 1.29 is 0 Å². The molecule has 2 rings (SSSR count). The second-order valence-electron chi connectivity index (χ2n) is 7.10. The van der Waals surface area contributed by atoms with Gasteiger partial charge in [0.25, 0.3) is 0 Å². The van der Waals surface area contributed by atoms with Crippen LogP contribution in [0.2, 0.25) is 0 Å². The van der Waals surface area contributed by atoms with Crippen LogP contribution in [0.4, 0.5) is 0 Å². The Morgan fingerprint density at radius 3 is 2.58 bits per heavy atom. The fourth-order valence-electron chi connectivity index (χ4n) is 2.91. The first kappa shape index (κ1) is 20.4. The van der Waals surface area contributed by atoms with Gasteiger partial charge in [0.15, 0.2) is 5.96 Å². The van der Waals surface area contributed by atoms with E-state index in [1.54, 1.807) is 11.3 Å². The van der Waals surface area contributed by atoms with E-state index in [1.807, 2.05) is 18.8 Å². The second-order valence-corrected chi connectivity index (χ2v) is 7.99. The molecule has 0 saturated heterocycles. The smallest absolute Gasteiger partial charge is 0.191 e. The summed E-state index contributed by atoms with van der Waals surface area (Å²) in [4.78, 5) is 9.02. The van der Waals surface area contributed by atoms with Crippen LogP contribution in [0, 0.1) is 13.8 Å². The number of aliphatic imine (C=N–C) groups is 1. The number of hydrogen-bond donors (Lipinski definition) is 2. The number of thiazole rings is 1. The lowest BCUT2D eigenvalue weighted by Crippen LogP contribution is -2.43. The molecule has 0 aliphatic rings. The van der Waals surface area contributed by atoms with E-state index in [2.05, 4.69) is 65.7 Å². The molecule has 0 aliphatic carbocycles. The highest BCUT2D eigenvalue weighted by Crippen LogP contribution is 2.19. The van der Waals surface area contributed by atoms with Crippen LogP contribution >= 0.6 is 11.3 Å². The first-order valence-corrected chi connectivity index (χ1v) is 10.1. The minimum Gasteiger partial charge on any atom is -0.356 e. The Morgan fingerprint density at radius 1 is 1.31 bits per heavy atom. The Kier molecular flexibility index (Phi) is 7.20. The number of nitrogens with one attached hydrogen (secondary N) is 2. The summed E-state index contributed by atoms with van der Waals surface area (Å²) in [6.45, 7) is 11.5. The SMILES string of the molecule is CN=C(NCCc1csc(C(C)C)n1)NC(C)Cc1c(C)nn(C)c1C. The summed E-state index contributed by atoms with van der Waals surface area (Å²) in [6.07, 6.45) is 1.83. The maximum atomic E-state index is 4.68. The third-order valence-corrected chi connectivity index (χ3v) is 5.71. The fourth-order valence-corrected chi connectivity index (χ4v) is 3.78. The highest BCUT2D eigenvalue weighted by molar-refractivity contribution is 7.09. The molecule has 2 heterocycles. The molecule has 1 unspecified atom stereocenters. The number of aromatic nitrogens is 3. The van der Waals surface area contributed by atoms with Crippen LogP contribution in [0.5, 0.6) is 0 Å². The van der Waals surface area contributed by atoms with Gasteiger partial charge in [0, 0.05) is 50.1 Å². The number of hydrogen-bond acceptors (Lipinski definition) is 4. The summed E-state index contributed by atoms with van der Waals surface area (Å²) < 4.78 is 1.95. The molecular weight excluding hydrogens is 344 g/mol. The number of aryl methyl sites for hydroxylation is 2. The second kappa shape index (κ2) is 9.16. The van der Waals surface area contributed by atoms with Gasteiger partial charge in [-0.1, -0.05) is 13.8 Å². The van der Waals surface area contributed by atoms with Crippen molar-refractivity contribution in [3.8, 4) is 0 Å². The monoisotopic (exact) mass is 376 g/mol. The normalized spacial score (nSPS) is 13.3. The lowest BCUT2D eigenvalue weighted by molar-refractivity contribution is 0.634. The van der Waals surface area contributed by atoms with Crippen molar-refractivity contribution in [3.05, 3.63) is 33.0 Å². The third-order valence-electron chi connectivity index (χ3n) is 4.51. The van der Waals surface area contributed by atoms with Crippen molar-refractivity contribution in [1.29, 1.82) is 0 Å². The van der Waals surface area contributed by atoms with E-state index >= 15 is 0 Å². The molecule has 0 aromatic carbocycles. The highest BCUT2D eigenvalue weighted by Gasteiger charge is 2.14. The van der Waals surface area contributed by atoms with Crippen LogP contribution in [0.15, 0.2) is 10.4 Å². The topological polar surface area (TPSA) is 67.1 Å². The lowest BCUT2D eigenvalue weighted by atomic mass is 10.1. The molecule has 26 heavy (non-hydrogen) atoms. The molecule has 2 aromatic rings. The molecule has 0 spiro atoms. The predicted octanol–water partition coefficient (Wildman–Crippen LogP) is 2.96. The Bertz CT molecular complexity index is 743. The zero-order valence-corrected chi connectivity index (χ0v) is 17.9. The van der Waals surface area contributed by atoms with Crippen LogP contribution in [0.25, 0.3) is 0 Å². The Morgan fingerprint density at radius 2 is 2.04 bits per heavy atom. The molecule has 6 nitrogen and oxygen atoms in total. The van der Waals surface area contributed by atoms with E-state index in [9.17, 15) is 0 Å². The van der Waals surface area contributed by atoms with Crippen molar-refractivity contribution in [3.63, 3.8) is 0 Å². The van der Waals surface area contributed by atoms with Gasteiger partial charge >= 0.3 is 0 Å². The molecule has 0 saturated carbocycles. The summed E-state index contributed by atoms with van der Waals surface area (Å²) in [7, 11) is 3.80. The molecule has 0 aliphatic heterocycles. The summed E-state index contributed by atoms with van der Waals surface area (Å²) in [6, 6.07) is 0.273. The van der Waals surface area contributed by atoms with Crippen molar-refractivity contribution >= 4 is 17.3 Å². The molecule has 0 radical (unpaired) electrons. The first-order valence-electron chi connectivity index (χ1n) is 9.22. The van der Waals surface area contributed by atoms with Crippen LogP contribution in [-0.4, -0.2) is 40.4 Å².